The maximum Gasteiger partial charge on any atom is 0.245 e. The van der Waals surface area contributed by atoms with Gasteiger partial charge in [0.2, 0.25) is 11.8 Å². The van der Waals surface area contributed by atoms with E-state index in [1.807, 2.05) is 30.3 Å². The summed E-state index contributed by atoms with van der Waals surface area (Å²) in [5.41, 5.74) is 0.889. The summed E-state index contributed by atoms with van der Waals surface area (Å²) in [5, 5.41) is 15.2. The van der Waals surface area contributed by atoms with Crippen LogP contribution in [0.2, 0.25) is 0 Å². The lowest BCUT2D eigenvalue weighted by Gasteiger charge is -2.26. The maximum atomic E-state index is 12.4. The van der Waals surface area contributed by atoms with Crippen LogP contribution in [0.15, 0.2) is 30.3 Å². The summed E-state index contributed by atoms with van der Waals surface area (Å²) in [7, 11) is 0. The molecule has 3 rings (SSSR count). The molecule has 2 amide bonds. The minimum absolute atomic E-state index is 0.203. The molecule has 0 heterocycles. The van der Waals surface area contributed by atoms with E-state index in [9.17, 15) is 14.7 Å². The van der Waals surface area contributed by atoms with Gasteiger partial charge in [0.25, 0.3) is 0 Å². The molecule has 5 nitrogen and oxygen atoms in total. The van der Waals surface area contributed by atoms with Gasteiger partial charge in [-0.15, -0.1) is 0 Å². The second-order valence-electron chi connectivity index (χ2n) is 7.17. The third-order valence-electron chi connectivity index (χ3n) is 5.57. The number of rotatable bonds is 6. The third-order valence-corrected chi connectivity index (χ3v) is 5.57. The van der Waals surface area contributed by atoms with Crippen LogP contribution in [0.3, 0.4) is 0 Å². The standard InChI is InChI=1S/C19H26N2O3/c1-12(14-5-3-2-4-6-14)18(23)21-17(11-22)19(24)20-16-10-13-7-8-15(16)9-13/h2-6,12-13,15-17,22H,7-11H2,1H3,(H,20,24)(H,21,23)/t12?,13?,15?,16?,17-/m0/s1. The van der Waals surface area contributed by atoms with Gasteiger partial charge in [-0.2, -0.15) is 0 Å². The van der Waals surface area contributed by atoms with E-state index in [2.05, 4.69) is 10.6 Å². The highest BCUT2D eigenvalue weighted by atomic mass is 16.3. The molecule has 2 aliphatic rings. The van der Waals surface area contributed by atoms with Gasteiger partial charge in [0, 0.05) is 6.04 Å². The Morgan fingerprint density at radius 3 is 2.50 bits per heavy atom. The zero-order chi connectivity index (χ0) is 17.1. The maximum absolute atomic E-state index is 12.4. The lowest BCUT2D eigenvalue weighted by atomic mass is 9.95. The number of aliphatic hydroxyl groups excluding tert-OH is 1. The molecule has 4 unspecified atom stereocenters. The van der Waals surface area contributed by atoms with E-state index >= 15 is 0 Å². The van der Waals surface area contributed by atoms with Crippen LogP contribution in [0.1, 0.15) is 44.1 Å². The Morgan fingerprint density at radius 2 is 1.92 bits per heavy atom. The predicted molar refractivity (Wildman–Crippen MR) is 91.3 cm³/mol. The largest absolute Gasteiger partial charge is 0.394 e. The smallest absolute Gasteiger partial charge is 0.245 e. The molecule has 130 valence electrons. The first-order chi connectivity index (χ1) is 11.6. The average Bonchev–Trinajstić information content (AvgIpc) is 3.22. The Morgan fingerprint density at radius 1 is 1.17 bits per heavy atom. The van der Waals surface area contributed by atoms with Gasteiger partial charge in [-0.05, 0) is 43.6 Å². The van der Waals surface area contributed by atoms with Crippen molar-refractivity contribution in [3.05, 3.63) is 35.9 Å². The van der Waals surface area contributed by atoms with Gasteiger partial charge in [-0.1, -0.05) is 36.8 Å². The number of hydrogen-bond donors (Lipinski definition) is 3. The van der Waals surface area contributed by atoms with Crippen molar-refractivity contribution >= 4 is 11.8 Å². The van der Waals surface area contributed by atoms with Crippen LogP contribution in [0.25, 0.3) is 0 Å². The fourth-order valence-corrected chi connectivity index (χ4v) is 4.09. The first-order valence-corrected chi connectivity index (χ1v) is 8.85. The van der Waals surface area contributed by atoms with E-state index in [0.29, 0.717) is 5.92 Å². The van der Waals surface area contributed by atoms with Crippen LogP contribution >= 0.6 is 0 Å². The summed E-state index contributed by atoms with van der Waals surface area (Å²) >= 11 is 0. The fourth-order valence-electron chi connectivity index (χ4n) is 4.09. The Hall–Kier alpha value is -1.88. The number of aliphatic hydroxyl groups is 1. The summed E-state index contributed by atoms with van der Waals surface area (Å²) < 4.78 is 0. The van der Waals surface area contributed by atoms with Gasteiger partial charge >= 0.3 is 0 Å². The number of hydrogen-bond acceptors (Lipinski definition) is 3. The molecule has 2 aliphatic carbocycles. The van der Waals surface area contributed by atoms with Crippen molar-refractivity contribution in [1.29, 1.82) is 0 Å². The molecule has 0 saturated heterocycles. The minimum Gasteiger partial charge on any atom is -0.394 e. The summed E-state index contributed by atoms with van der Waals surface area (Å²) in [6, 6.07) is 8.74. The van der Waals surface area contributed by atoms with E-state index < -0.39 is 6.04 Å². The molecule has 1 aromatic rings. The predicted octanol–water partition coefficient (Wildman–Crippen LogP) is 1.57. The molecule has 5 atom stereocenters. The van der Waals surface area contributed by atoms with Gasteiger partial charge in [0.1, 0.15) is 6.04 Å². The molecule has 0 aromatic heterocycles. The number of benzene rings is 1. The summed E-state index contributed by atoms with van der Waals surface area (Å²) in [4.78, 5) is 24.8. The summed E-state index contributed by atoms with van der Waals surface area (Å²) in [6.45, 7) is 1.41. The molecule has 2 saturated carbocycles. The highest BCUT2D eigenvalue weighted by molar-refractivity contribution is 5.90. The van der Waals surface area contributed by atoms with E-state index in [-0.39, 0.29) is 30.4 Å². The Kier molecular flexibility index (Phi) is 5.19. The second-order valence-corrected chi connectivity index (χ2v) is 7.17. The molecule has 3 N–H and O–H groups in total. The van der Waals surface area contributed by atoms with E-state index in [4.69, 9.17) is 0 Å². The Bertz CT molecular complexity index is 590. The van der Waals surface area contributed by atoms with Crippen LogP contribution in [-0.4, -0.2) is 35.6 Å². The zero-order valence-corrected chi connectivity index (χ0v) is 14.1. The van der Waals surface area contributed by atoms with Crippen molar-refractivity contribution in [3.63, 3.8) is 0 Å². The summed E-state index contributed by atoms with van der Waals surface area (Å²) in [6.07, 6.45) is 4.68. The average molecular weight is 330 g/mol. The molecular weight excluding hydrogens is 304 g/mol. The van der Waals surface area contributed by atoms with Crippen molar-refractivity contribution in [3.8, 4) is 0 Å². The molecule has 0 aliphatic heterocycles. The Balaban J connectivity index is 1.55. The number of nitrogens with one attached hydrogen (secondary N) is 2. The minimum atomic E-state index is -0.886. The zero-order valence-electron chi connectivity index (χ0n) is 14.1. The lowest BCUT2D eigenvalue weighted by molar-refractivity contribution is -0.131. The summed E-state index contributed by atoms with van der Waals surface area (Å²) in [5.74, 6) is 0.417. The second kappa shape index (κ2) is 7.34. The third kappa shape index (κ3) is 3.61. The molecule has 1 aromatic carbocycles. The quantitative estimate of drug-likeness (QED) is 0.741. The van der Waals surface area contributed by atoms with E-state index in [1.54, 1.807) is 6.92 Å². The molecule has 5 heteroatoms. The normalized spacial score (nSPS) is 27.5. The van der Waals surface area contributed by atoms with Crippen LogP contribution in [0.4, 0.5) is 0 Å². The van der Waals surface area contributed by atoms with Gasteiger partial charge in [0.05, 0.1) is 12.5 Å². The molecule has 0 spiro atoms. The number of amides is 2. The van der Waals surface area contributed by atoms with Crippen LogP contribution in [0, 0.1) is 11.8 Å². The monoisotopic (exact) mass is 330 g/mol. The highest BCUT2D eigenvalue weighted by Crippen LogP contribution is 2.44. The first kappa shape index (κ1) is 17.0. The van der Waals surface area contributed by atoms with Crippen molar-refractivity contribution < 1.29 is 14.7 Å². The van der Waals surface area contributed by atoms with Gasteiger partial charge in [-0.3, -0.25) is 9.59 Å². The van der Waals surface area contributed by atoms with Crippen LogP contribution in [0.5, 0.6) is 0 Å². The molecule has 2 fully saturated rings. The highest BCUT2D eigenvalue weighted by Gasteiger charge is 2.40. The molecule has 0 radical (unpaired) electrons. The molecular formula is C19H26N2O3. The SMILES string of the molecule is CC(C(=O)N[C@@H](CO)C(=O)NC1CC2CCC1C2)c1ccccc1. The topological polar surface area (TPSA) is 78.4 Å². The lowest BCUT2D eigenvalue weighted by Crippen LogP contribution is -2.53. The number of carbonyl (C=O) groups is 2. The number of fused-ring (bicyclic) bond motifs is 2. The fraction of sp³-hybridized carbons (Fsp3) is 0.579. The van der Waals surface area contributed by atoms with Crippen LogP contribution in [-0.2, 0) is 9.59 Å². The van der Waals surface area contributed by atoms with Gasteiger partial charge in [-0.25, -0.2) is 0 Å². The first-order valence-electron chi connectivity index (χ1n) is 8.85. The molecule has 2 bridgehead atoms. The van der Waals surface area contributed by atoms with Gasteiger partial charge in [0.15, 0.2) is 0 Å². The van der Waals surface area contributed by atoms with Crippen molar-refractivity contribution in [2.75, 3.05) is 6.61 Å². The van der Waals surface area contributed by atoms with E-state index in [1.165, 1.54) is 19.3 Å². The molecule has 24 heavy (non-hydrogen) atoms. The Labute approximate surface area is 142 Å². The number of carbonyl (C=O) groups excluding carboxylic acids is 2. The van der Waals surface area contributed by atoms with Crippen LogP contribution < -0.4 is 10.6 Å². The van der Waals surface area contributed by atoms with Crippen molar-refractivity contribution in [2.45, 2.75) is 50.6 Å². The van der Waals surface area contributed by atoms with E-state index in [0.717, 1.165) is 17.9 Å². The van der Waals surface area contributed by atoms with Gasteiger partial charge < -0.3 is 15.7 Å². The van der Waals surface area contributed by atoms with Crippen molar-refractivity contribution in [1.82, 2.24) is 10.6 Å². The van der Waals surface area contributed by atoms with Crippen molar-refractivity contribution in [2.24, 2.45) is 11.8 Å².